The molecule has 2 heterocycles. The number of aromatic nitrogens is 1. The van der Waals surface area contributed by atoms with Gasteiger partial charge in [-0.3, -0.25) is 4.79 Å². The van der Waals surface area contributed by atoms with E-state index in [-0.39, 0.29) is 5.91 Å². The van der Waals surface area contributed by atoms with Crippen molar-refractivity contribution in [1.82, 2.24) is 4.98 Å². The van der Waals surface area contributed by atoms with Crippen LogP contribution in [0.25, 0.3) is 0 Å². The van der Waals surface area contributed by atoms with Crippen molar-refractivity contribution in [2.24, 2.45) is 0 Å². The van der Waals surface area contributed by atoms with Crippen molar-refractivity contribution in [3.8, 4) is 5.75 Å². The first kappa shape index (κ1) is 18.8. The Kier molecular flexibility index (Phi) is 5.78. The number of carbonyl (C=O) groups is 1. The first-order chi connectivity index (χ1) is 13.7. The molecule has 1 saturated heterocycles. The Balaban J connectivity index is 1.49. The fourth-order valence-corrected chi connectivity index (χ4v) is 3.95. The van der Waals surface area contributed by atoms with Crippen molar-refractivity contribution in [3.05, 3.63) is 69.6 Å². The summed E-state index contributed by atoms with van der Waals surface area (Å²) in [5, 5.41) is 5.55. The van der Waals surface area contributed by atoms with Crippen molar-refractivity contribution in [1.29, 1.82) is 0 Å². The SMILES string of the molecule is O=C(Nc1cc(Cl)ccc1N1CCCC1)c1cccc(OCc2cscn2)c1. The van der Waals surface area contributed by atoms with Crippen LogP contribution in [0, 0.1) is 0 Å². The van der Waals surface area contributed by atoms with Gasteiger partial charge >= 0.3 is 0 Å². The summed E-state index contributed by atoms with van der Waals surface area (Å²) < 4.78 is 5.75. The topological polar surface area (TPSA) is 54.5 Å². The molecule has 5 nitrogen and oxygen atoms in total. The van der Waals surface area contributed by atoms with E-state index in [0.717, 1.165) is 43.0 Å². The van der Waals surface area contributed by atoms with Crippen LogP contribution in [0.5, 0.6) is 5.75 Å². The molecule has 1 aliphatic heterocycles. The second-order valence-electron chi connectivity index (χ2n) is 6.61. The van der Waals surface area contributed by atoms with Gasteiger partial charge in [-0.05, 0) is 49.2 Å². The number of halogens is 1. The molecule has 0 atom stereocenters. The molecule has 0 spiro atoms. The van der Waals surface area contributed by atoms with Gasteiger partial charge in [0.1, 0.15) is 12.4 Å². The first-order valence-electron chi connectivity index (χ1n) is 9.15. The summed E-state index contributed by atoms with van der Waals surface area (Å²) in [4.78, 5) is 19.3. The van der Waals surface area contributed by atoms with E-state index in [1.807, 2.05) is 29.6 Å². The van der Waals surface area contributed by atoms with E-state index in [4.69, 9.17) is 16.3 Å². The van der Waals surface area contributed by atoms with Crippen LogP contribution >= 0.6 is 22.9 Å². The number of nitrogens with one attached hydrogen (secondary N) is 1. The maximum absolute atomic E-state index is 12.8. The van der Waals surface area contributed by atoms with E-state index in [1.54, 1.807) is 23.7 Å². The molecule has 3 aromatic rings. The minimum absolute atomic E-state index is 0.193. The summed E-state index contributed by atoms with van der Waals surface area (Å²) in [7, 11) is 0. The van der Waals surface area contributed by atoms with Gasteiger partial charge in [0.2, 0.25) is 0 Å². The molecule has 0 radical (unpaired) electrons. The van der Waals surface area contributed by atoms with Crippen molar-refractivity contribution >= 4 is 40.2 Å². The predicted octanol–water partition coefficient (Wildman–Crippen LogP) is 5.23. The molecule has 0 saturated carbocycles. The fraction of sp³-hybridized carbons (Fsp3) is 0.238. The normalized spacial score (nSPS) is 13.5. The Morgan fingerprint density at radius 2 is 2.07 bits per heavy atom. The summed E-state index contributed by atoms with van der Waals surface area (Å²) in [5.74, 6) is 0.438. The molecular weight excluding hydrogens is 394 g/mol. The molecule has 1 amide bonds. The number of nitrogens with zero attached hydrogens (tertiary/aromatic N) is 2. The van der Waals surface area contributed by atoms with E-state index in [0.29, 0.717) is 22.9 Å². The number of benzene rings is 2. The lowest BCUT2D eigenvalue weighted by atomic mass is 10.2. The van der Waals surface area contributed by atoms with Crippen LogP contribution in [-0.4, -0.2) is 24.0 Å². The molecular formula is C21H20ClN3O2S. The van der Waals surface area contributed by atoms with Gasteiger partial charge in [-0.2, -0.15) is 0 Å². The zero-order chi connectivity index (χ0) is 19.3. The number of amides is 1. The van der Waals surface area contributed by atoms with Crippen LogP contribution in [0.2, 0.25) is 5.02 Å². The number of hydrogen-bond acceptors (Lipinski definition) is 5. The average molecular weight is 414 g/mol. The van der Waals surface area contributed by atoms with Crippen molar-refractivity contribution in [2.75, 3.05) is 23.3 Å². The third-order valence-electron chi connectivity index (χ3n) is 4.62. The Morgan fingerprint density at radius 1 is 1.21 bits per heavy atom. The number of anilines is 2. The van der Waals surface area contributed by atoms with Crippen molar-refractivity contribution in [3.63, 3.8) is 0 Å². The highest BCUT2D eigenvalue weighted by Crippen LogP contribution is 2.32. The fourth-order valence-electron chi connectivity index (χ4n) is 3.23. The third-order valence-corrected chi connectivity index (χ3v) is 5.49. The van der Waals surface area contributed by atoms with E-state index >= 15 is 0 Å². The van der Waals surface area contributed by atoms with Crippen LogP contribution in [0.4, 0.5) is 11.4 Å². The number of hydrogen-bond donors (Lipinski definition) is 1. The number of ether oxygens (including phenoxy) is 1. The third kappa shape index (κ3) is 4.46. The summed E-state index contributed by atoms with van der Waals surface area (Å²) in [5.41, 5.74) is 4.91. The zero-order valence-corrected chi connectivity index (χ0v) is 16.8. The van der Waals surface area contributed by atoms with Crippen molar-refractivity contribution in [2.45, 2.75) is 19.4 Å². The van der Waals surface area contributed by atoms with E-state index in [2.05, 4.69) is 15.2 Å². The van der Waals surface area contributed by atoms with E-state index in [1.165, 1.54) is 11.3 Å². The van der Waals surface area contributed by atoms with Gasteiger partial charge in [-0.25, -0.2) is 4.98 Å². The Morgan fingerprint density at radius 3 is 2.86 bits per heavy atom. The maximum Gasteiger partial charge on any atom is 0.255 e. The lowest BCUT2D eigenvalue weighted by molar-refractivity contribution is 0.102. The minimum atomic E-state index is -0.193. The number of thiazole rings is 1. The van der Waals surface area contributed by atoms with Crippen LogP contribution in [0.15, 0.2) is 53.4 Å². The van der Waals surface area contributed by atoms with Crippen LogP contribution in [0.3, 0.4) is 0 Å². The summed E-state index contributed by atoms with van der Waals surface area (Å²) in [6.07, 6.45) is 2.32. The zero-order valence-electron chi connectivity index (χ0n) is 15.2. The molecule has 1 aromatic heterocycles. The van der Waals surface area contributed by atoms with Crippen molar-refractivity contribution < 1.29 is 9.53 Å². The lowest BCUT2D eigenvalue weighted by Gasteiger charge is -2.22. The highest BCUT2D eigenvalue weighted by atomic mass is 35.5. The summed E-state index contributed by atoms with van der Waals surface area (Å²) >= 11 is 7.70. The molecule has 0 unspecified atom stereocenters. The molecule has 1 fully saturated rings. The molecule has 0 aliphatic carbocycles. The van der Waals surface area contributed by atoms with E-state index in [9.17, 15) is 4.79 Å². The highest BCUT2D eigenvalue weighted by molar-refractivity contribution is 7.07. The molecule has 2 aromatic carbocycles. The Labute approximate surface area is 172 Å². The largest absolute Gasteiger partial charge is 0.487 e. The standard InChI is InChI=1S/C21H20ClN3O2S/c22-16-6-7-20(25-8-1-2-9-25)19(11-16)24-21(26)15-4-3-5-18(10-15)27-12-17-13-28-14-23-17/h3-7,10-11,13-14H,1-2,8-9,12H2,(H,24,26). The molecule has 1 N–H and O–H groups in total. The first-order valence-corrected chi connectivity index (χ1v) is 10.5. The predicted molar refractivity (Wildman–Crippen MR) is 114 cm³/mol. The van der Waals surface area contributed by atoms with Gasteiger partial charge in [-0.15, -0.1) is 11.3 Å². The molecule has 4 rings (SSSR count). The van der Waals surface area contributed by atoms with Gasteiger partial charge in [0.15, 0.2) is 0 Å². The van der Waals surface area contributed by atoms with Gasteiger partial charge in [0.05, 0.1) is 22.6 Å². The van der Waals surface area contributed by atoms with Gasteiger partial charge in [0.25, 0.3) is 5.91 Å². The quantitative estimate of drug-likeness (QED) is 0.601. The average Bonchev–Trinajstić information content (AvgIpc) is 3.41. The minimum Gasteiger partial charge on any atom is -0.487 e. The Hall–Kier alpha value is -2.57. The van der Waals surface area contributed by atoms with Gasteiger partial charge < -0.3 is 15.0 Å². The molecule has 144 valence electrons. The smallest absolute Gasteiger partial charge is 0.255 e. The molecule has 0 bridgehead atoms. The van der Waals surface area contributed by atoms with Crippen LogP contribution in [-0.2, 0) is 6.61 Å². The van der Waals surface area contributed by atoms with Gasteiger partial charge in [-0.1, -0.05) is 17.7 Å². The molecule has 7 heteroatoms. The van der Waals surface area contributed by atoms with E-state index < -0.39 is 0 Å². The molecule has 1 aliphatic rings. The lowest BCUT2D eigenvalue weighted by Crippen LogP contribution is -2.21. The Bertz CT molecular complexity index is 956. The van der Waals surface area contributed by atoms with Crippen LogP contribution in [0.1, 0.15) is 28.9 Å². The summed E-state index contributed by atoms with van der Waals surface area (Å²) in [6.45, 7) is 2.36. The second-order valence-corrected chi connectivity index (χ2v) is 7.76. The monoisotopic (exact) mass is 413 g/mol. The summed E-state index contributed by atoms with van der Waals surface area (Å²) in [6, 6.07) is 12.8. The number of rotatable bonds is 6. The second kappa shape index (κ2) is 8.63. The number of carbonyl (C=O) groups excluding carboxylic acids is 1. The van der Waals surface area contributed by atoms with Gasteiger partial charge in [0, 0.05) is 29.1 Å². The van der Waals surface area contributed by atoms with Crippen LogP contribution < -0.4 is 15.0 Å². The maximum atomic E-state index is 12.8. The molecule has 28 heavy (non-hydrogen) atoms. The highest BCUT2D eigenvalue weighted by Gasteiger charge is 2.18.